The van der Waals surface area contributed by atoms with Gasteiger partial charge in [-0.25, -0.2) is 0 Å². The third-order valence-corrected chi connectivity index (χ3v) is 4.66. The van der Waals surface area contributed by atoms with Gasteiger partial charge in [-0.1, -0.05) is 17.7 Å². The summed E-state index contributed by atoms with van der Waals surface area (Å²) in [5.74, 6) is -0.133. The fraction of sp³-hybridized carbons (Fsp3) is 0.158. The van der Waals surface area contributed by atoms with Gasteiger partial charge in [0.15, 0.2) is 0 Å². The Morgan fingerprint density at radius 3 is 2.61 bits per heavy atom. The number of benzene rings is 1. The van der Waals surface area contributed by atoms with Crippen molar-refractivity contribution in [3.8, 4) is 10.6 Å². The van der Waals surface area contributed by atoms with Crippen molar-refractivity contribution in [2.75, 3.05) is 5.32 Å². The predicted molar refractivity (Wildman–Crippen MR) is 96.2 cm³/mol. The fourth-order valence-electron chi connectivity index (χ4n) is 2.49. The van der Waals surface area contributed by atoms with Crippen molar-refractivity contribution >= 4 is 22.9 Å². The number of pyridine rings is 1. The van der Waals surface area contributed by atoms with E-state index in [9.17, 15) is 4.79 Å². The summed E-state index contributed by atoms with van der Waals surface area (Å²) in [5, 5.41) is 3.00. The number of hydrogen-bond acceptors (Lipinski definition) is 3. The van der Waals surface area contributed by atoms with E-state index in [1.165, 1.54) is 10.4 Å². The molecule has 2 aromatic heterocycles. The van der Waals surface area contributed by atoms with Gasteiger partial charge in [0, 0.05) is 16.8 Å². The van der Waals surface area contributed by atoms with Crippen molar-refractivity contribution in [1.82, 2.24) is 4.98 Å². The first kappa shape index (κ1) is 15.4. The third kappa shape index (κ3) is 3.32. The van der Waals surface area contributed by atoms with Gasteiger partial charge in [0.05, 0.1) is 16.1 Å². The van der Waals surface area contributed by atoms with Crippen LogP contribution in [0.2, 0.25) is 0 Å². The Bertz CT molecular complexity index is 867. The SMILES string of the molecule is Cc1ccc(NC(=O)c2cccnc2-c2ccc(C)s2)c(C)c1. The molecular formula is C19H18N2OS. The highest BCUT2D eigenvalue weighted by molar-refractivity contribution is 7.15. The van der Waals surface area contributed by atoms with Crippen molar-refractivity contribution in [3.63, 3.8) is 0 Å². The van der Waals surface area contributed by atoms with Crippen LogP contribution in [0.3, 0.4) is 0 Å². The number of anilines is 1. The van der Waals surface area contributed by atoms with Gasteiger partial charge >= 0.3 is 0 Å². The lowest BCUT2D eigenvalue weighted by molar-refractivity contribution is 0.102. The summed E-state index contributed by atoms with van der Waals surface area (Å²) in [4.78, 5) is 19.3. The van der Waals surface area contributed by atoms with Gasteiger partial charge < -0.3 is 5.32 Å². The van der Waals surface area contributed by atoms with E-state index >= 15 is 0 Å². The molecule has 0 saturated heterocycles. The van der Waals surface area contributed by atoms with Crippen molar-refractivity contribution in [3.05, 3.63) is 70.2 Å². The molecular weight excluding hydrogens is 304 g/mol. The van der Waals surface area contributed by atoms with Crippen LogP contribution < -0.4 is 5.32 Å². The summed E-state index contributed by atoms with van der Waals surface area (Å²) in [6.07, 6.45) is 1.72. The molecule has 0 aliphatic rings. The first-order valence-electron chi connectivity index (χ1n) is 7.45. The van der Waals surface area contributed by atoms with E-state index in [4.69, 9.17) is 0 Å². The number of aryl methyl sites for hydroxylation is 3. The maximum atomic E-state index is 12.7. The molecule has 2 heterocycles. The van der Waals surface area contributed by atoms with Crippen molar-refractivity contribution < 1.29 is 4.79 Å². The fourth-order valence-corrected chi connectivity index (χ4v) is 3.37. The minimum absolute atomic E-state index is 0.133. The van der Waals surface area contributed by atoms with E-state index in [-0.39, 0.29) is 5.91 Å². The molecule has 3 rings (SSSR count). The highest BCUT2D eigenvalue weighted by Crippen LogP contribution is 2.29. The number of hydrogen-bond donors (Lipinski definition) is 1. The lowest BCUT2D eigenvalue weighted by atomic mass is 10.1. The van der Waals surface area contributed by atoms with E-state index in [0.717, 1.165) is 21.8 Å². The maximum Gasteiger partial charge on any atom is 0.257 e. The maximum absolute atomic E-state index is 12.7. The zero-order chi connectivity index (χ0) is 16.4. The summed E-state index contributed by atoms with van der Waals surface area (Å²) in [5.41, 5.74) is 4.38. The average Bonchev–Trinajstić information content (AvgIpc) is 2.96. The molecule has 1 amide bonds. The Hall–Kier alpha value is -2.46. The zero-order valence-corrected chi connectivity index (χ0v) is 14.2. The van der Waals surface area contributed by atoms with Gasteiger partial charge in [-0.2, -0.15) is 0 Å². The van der Waals surface area contributed by atoms with Crippen LogP contribution in [0.25, 0.3) is 10.6 Å². The molecule has 0 spiro atoms. The molecule has 116 valence electrons. The van der Waals surface area contributed by atoms with Crippen molar-refractivity contribution in [1.29, 1.82) is 0 Å². The Labute approximate surface area is 140 Å². The molecule has 23 heavy (non-hydrogen) atoms. The number of rotatable bonds is 3. The molecule has 0 aliphatic carbocycles. The monoisotopic (exact) mass is 322 g/mol. The van der Waals surface area contributed by atoms with Crippen LogP contribution in [0.5, 0.6) is 0 Å². The number of nitrogens with one attached hydrogen (secondary N) is 1. The molecule has 4 heteroatoms. The number of nitrogens with zero attached hydrogens (tertiary/aromatic N) is 1. The summed E-state index contributed by atoms with van der Waals surface area (Å²) in [7, 11) is 0. The molecule has 0 unspecified atom stereocenters. The quantitative estimate of drug-likeness (QED) is 0.738. The average molecular weight is 322 g/mol. The van der Waals surface area contributed by atoms with Crippen LogP contribution in [0.4, 0.5) is 5.69 Å². The van der Waals surface area contributed by atoms with E-state index in [1.54, 1.807) is 23.6 Å². The first-order chi connectivity index (χ1) is 11.0. The highest BCUT2D eigenvalue weighted by Gasteiger charge is 2.15. The molecule has 0 atom stereocenters. The predicted octanol–water partition coefficient (Wildman–Crippen LogP) is 4.99. The van der Waals surface area contributed by atoms with E-state index < -0.39 is 0 Å². The van der Waals surface area contributed by atoms with Gasteiger partial charge in [0.1, 0.15) is 0 Å². The second-order valence-electron chi connectivity index (χ2n) is 5.58. The molecule has 3 nitrogen and oxygen atoms in total. The van der Waals surface area contributed by atoms with E-state index in [0.29, 0.717) is 5.56 Å². The lowest BCUT2D eigenvalue weighted by Gasteiger charge is -2.11. The highest BCUT2D eigenvalue weighted by atomic mass is 32.1. The molecule has 3 aromatic rings. The van der Waals surface area contributed by atoms with Crippen LogP contribution >= 0.6 is 11.3 Å². The number of amides is 1. The number of thiophene rings is 1. The normalized spacial score (nSPS) is 10.6. The number of carbonyl (C=O) groups excluding carboxylic acids is 1. The Balaban J connectivity index is 1.94. The van der Waals surface area contributed by atoms with Crippen LogP contribution in [-0.4, -0.2) is 10.9 Å². The van der Waals surface area contributed by atoms with Crippen molar-refractivity contribution in [2.45, 2.75) is 20.8 Å². The number of carbonyl (C=O) groups is 1. The Morgan fingerprint density at radius 2 is 1.91 bits per heavy atom. The molecule has 0 bridgehead atoms. The topological polar surface area (TPSA) is 42.0 Å². The molecule has 0 fully saturated rings. The second-order valence-corrected chi connectivity index (χ2v) is 6.87. The van der Waals surface area contributed by atoms with Gasteiger partial charge in [-0.05, 0) is 56.7 Å². The van der Waals surface area contributed by atoms with Gasteiger partial charge in [0.2, 0.25) is 0 Å². The van der Waals surface area contributed by atoms with Gasteiger partial charge in [0.25, 0.3) is 5.91 Å². The zero-order valence-electron chi connectivity index (χ0n) is 13.4. The molecule has 0 aliphatic heterocycles. The molecule has 1 aromatic carbocycles. The Kier molecular flexibility index (Phi) is 4.26. The number of aromatic nitrogens is 1. The molecule has 0 radical (unpaired) electrons. The molecule has 1 N–H and O–H groups in total. The first-order valence-corrected chi connectivity index (χ1v) is 8.26. The van der Waals surface area contributed by atoms with Gasteiger partial charge in [-0.3, -0.25) is 9.78 Å². The Morgan fingerprint density at radius 1 is 1.09 bits per heavy atom. The summed E-state index contributed by atoms with van der Waals surface area (Å²) >= 11 is 1.64. The molecule has 0 saturated carbocycles. The van der Waals surface area contributed by atoms with Gasteiger partial charge in [-0.15, -0.1) is 11.3 Å². The minimum atomic E-state index is -0.133. The van der Waals surface area contributed by atoms with Crippen LogP contribution in [-0.2, 0) is 0 Å². The largest absolute Gasteiger partial charge is 0.322 e. The van der Waals surface area contributed by atoms with Crippen LogP contribution in [0.1, 0.15) is 26.4 Å². The van der Waals surface area contributed by atoms with Crippen LogP contribution in [0.15, 0.2) is 48.7 Å². The summed E-state index contributed by atoms with van der Waals surface area (Å²) in [6, 6.07) is 13.7. The smallest absolute Gasteiger partial charge is 0.257 e. The lowest BCUT2D eigenvalue weighted by Crippen LogP contribution is -2.14. The minimum Gasteiger partial charge on any atom is -0.322 e. The van der Waals surface area contributed by atoms with E-state index in [1.807, 2.05) is 51.1 Å². The third-order valence-electron chi connectivity index (χ3n) is 3.66. The van der Waals surface area contributed by atoms with Crippen molar-refractivity contribution in [2.24, 2.45) is 0 Å². The van der Waals surface area contributed by atoms with E-state index in [2.05, 4.69) is 16.4 Å². The van der Waals surface area contributed by atoms with Crippen LogP contribution in [0, 0.1) is 20.8 Å². The summed E-state index contributed by atoms with van der Waals surface area (Å²) < 4.78 is 0. The second kappa shape index (κ2) is 6.34. The standard InChI is InChI=1S/C19H18N2OS/c1-12-6-8-16(13(2)11-12)21-19(22)15-5-4-10-20-18(15)17-9-7-14(3)23-17/h4-11H,1-3H3,(H,21,22). The summed E-state index contributed by atoms with van der Waals surface area (Å²) in [6.45, 7) is 6.08.